The van der Waals surface area contributed by atoms with E-state index in [9.17, 15) is 14.7 Å². The van der Waals surface area contributed by atoms with Gasteiger partial charge in [0.15, 0.2) is 11.4 Å². The predicted octanol–water partition coefficient (Wildman–Crippen LogP) is 5.57. The fraction of sp³-hybridized carbons (Fsp3) is 0.308. The summed E-state index contributed by atoms with van der Waals surface area (Å²) in [6.45, 7) is 8.13. The fourth-order valence-corrected chi connectivity index (χ4v) is 3.34. The van der Waals surface area contributed by atoms with E-state index in [0.29, 0.717) is 32.6 Å². The molecule has 7 nitrogen and oxygen atoms in total. The highest BCUT2D eigenvalue weighted by atomic mass is 35.5. The number of carbonyl (C=O) groups is 2. The third-order valence-corrected chi connectivity index (χ3v) is 5.29. The van der Waals surface area contributed by atoms with E-state index in [1.54, 1.807) is 83.1 Å². The van der Waals surface area contributed by atoms with Gasteiger partial charge in [0.05, 0.1) is 23.5 Å². The molecule has 0 saturated carbocycles. The first-order valence-electron chi connectivity index (χ1n) is 10.9. The van der Waals surface area contributed by atoms with Crippen LogP contribution in [0.4, 0.5) is 0 Å². The van der Waals surface area contributed by atoms with Gasteiger partial charge in [0.1, 0.15) is 5.60 Å². The molecular weight excluding hydrogens is 489 g/mol. The standard InChI is InChI=1S/C26H27Cl2N3O4/c1-25(2,3)35-24(34)22-21(23(33)31-26(4,5)14-32)29-19(15-6-10-17(27)11-7-15)20(30-22)16-8-12-18(28)13-9-16/h6-13,32H,14H2,1-5H3,(H,31,33). The van der Waals surface area contributed by atoms with Gasteiger partial charge in [0.2, 0.25) is 0 Å². The van der Waals surface area contributed by atoms with Crippen LogP contribution in [0.2, 0.25) is 10.0 Å². The molecule has 1 aromatic heterocycles. The van der Waals surface area contributed by atoms with Crippen molar-refractivity contribution in [2.24, 2.45) is 0 Å². The summed E-state index contributed by atoms with van der Waals surface area (Å²) in [5, 5.41) is 13.4. The molecule has 3 aromatic rings. The molecule has 0 spiro atoms. The predicted molar refractivity (Wildman–Crippen MR) is 137 cm³/mol. The molecule has 0 aliphatic heterocycles. The average molecular weight is 516 g/mol. The number of hydrogen-bond donors (Lipinski definition) is 2. The molecule has 0 bridgehead atoms. The number of rotatable bonds is 6. The molecule has 1 heterocycles. The highest BCUT2D eigenvalue weighted by Gasteiger charge is 2.31. The van der Waals surface area contributed by atoms with E-state index in [2.05, 4.69) is 15.3 Å². The van der Waals surface area contributed by atoms with Crippen LogP contribution in [-0.2, 0) is 4.74 Å². The number of esters is 1. The van der Waals surface area contributed by atoms with E-state index in [4.69, 9.17) is 27.9 Å². The maximum atomic E-state index is 13.3. The highest BCUT2D eigenvalue weighted by molar-refractivity contribution is 6.31. The van der Waals surface area contributed by atoms with Crippen molar-refractivity contribution in [3.63, 3.8) is 0 Å². The van der Waals surface area contributed by atoms with E-state index in [1.165, 1.54) is 0 Å². The molecule has 0 radical (unpaired) electrons. The van der Waals surface area contributed by atoms with Crippen LogP contribution in [0.5, 0.6) is 0 Å². The molecule has 0 unspecified atom stereocenters. The number of aromatic nitrogens is 2. The van der Waals surface area contributed by atoms with Crippen molar-refractivity contribution < 1.29 is 19.4 Å². The lowest BCUT2D eigenvalue weighted by Gasteiger charge is -2.25. The average Bonchev–Trinajstić information content (AvgIpc) is 2.78. The summed E-state index contributed by atoms with van der Waals surface area (Å²) in [6, 6.07) is 13.8. The lowest BCUT2D eigenvalue weighted by atomic mass is 10.0. The van der Waals surface area contributed by atoms with Crippen LogP contribution in [0.15, 0.2) is 48.5 Å². The smallest absolute Gasteiger partial charge is 0.359 e. The Kier molecular flexibility index (Phi) is 7.84. The van der Waals surface area contributed by atoms with Gasteiger partial charge in [-0.15, -0.1) is 0 Å². The topological polar surface area (TPSA) is 101 Å². The van der Waals surface area contributed by atoms with E-state index in [0.717, 1.165) is 0 Å². The van der Waals surface area contributed by atoms with Crippen LogP contribution in [0.3, 0.4) is 0 Å². The van der Waals surface area contributed by atoms with Crippen molar-refractivity contribution in [2.45, 2.75) is 45.8 Å². The van der Waals surface area contributed by atoms with Crippen LogP contribution < -0.4 is 5.32 Å². The maximum Gasteiger partial charge on any atom is 0.359 e. The van der Waals surface area contributed by atoms with Crippen molar-refractivity contribution in [3.8, 4) is 22.5 Å². The monoisotopic (exact) mass is 515 g/mol. The molecule has 9 heteroatoms. The zero-order valence-electron chi connectivity index (χ0n) is 20.1. The van der Waals surface area contributed by atoms with Crippen molar-refractivity contribution in [1.82, 2.24) is 15.3 Å². The second-order valence-electron chi connectivity index (χ2n) is 9.63. The number of carbonyl (C=O) groups excluding carboxylic acids is 2. The van der Waals surface area contributed by atoms with Gasteiger partial charge < -0.3 is 15.2 Å². The Morgan fingerprint density at radius 1 is 0.829 bits per heavy atom. The molecule has 184 valence electrons. The quantitative estimate of drug-likeness (QED) is 0.416. The number of halogens is 2. The Bertz CT molecular complexity index is 1240. The lowest BCUT2D eigenvalue weighted by molar-refractivity contribution is 0.00599. The van der Waals surface area contributed by atoms with E-state index in [-0.39, 0.29) is 18.0 Å². The van der Waals surface area contributed by atoms with Gasteiger partial charge in [0, 0.05) is 21.2 Å². The van der Waals surface area contributed by atoms with Gasteiger partial charge in [-0.25, -0.2) is 14.8 Å². The number of benzene rings is 2. The van der Waals surface area contributed by atoms with Crippen molar-refractivity contribution in [2.75, 3.05) is 6.61 Å². The minimum Gasteiger partial charge on any atom is -0.455 e. The number of aliphatic hydroxyl groups excluding tert-OH is 1. The zero-order valence-corrected chi connectivity index (χ0v) is 21.7. The number of hydrogen-bond acceptors (Lipinski definition) is 6. The van der Waals surface area contributed by atoms with Gasteiger partial charge in [-0.1, -0.05) is 47.5 Å². The first-order chi connectivity index (χ1) is 16.3. The molecule has 0 aliphatic rings. The summed E-state index contributed by atoms with van der Waals surface area (Å²) in [5.74, 6) is -1.47. The van der Waals surface area contributed by atoms with Crippen LogP contribution >= 0.6 is 23.2 Å². The molecule has 0 aliphatic carbocycles. The summed E-state index contributed by atoms with van der Waals surface area (Å²) in [5.41, 5.74) is -0.244. The Labute approximate surface area is 214 Å². The van der Waals surface area contributed by atoms with Crippen LogP contribution in [0, 0.1) is 0 Å². The van der Waals surface area contributed by atoms with Gasteiger partial charge in [-0.3, -0.25) is 4.79 Å². The summed E-state index contributed by atoms with van der Waals surface area (Å²) in [4.78, 5) is 35.6. The Balaban J connectivity index is 2.30. The molecule has 2 N–H and O–H groups in total. The second kappa shape index (κ2) is 10.3. The second-order valence-corrected chi connectivity index (χ2v) is 10.5. The van der Waals surface area contributed by atoms with E-state index < -0.39 is 23.0 Å². The minimum atomic E-state index is -0.959. The first kappa shape index (κ1) is 26.6. The van der Waals surface area contributed by atoms with Crippen molar-refractivity contribution in [1.29, 1.82) is 0 Å². The third kappa shape index (κ3) is 6.78. The number of aliphatic hydroxyl groups is 1. The molecule has 1 amide bonds. The van der Waals surface area contributed by atoms with Gasteiger partial charge >= 0.3 is 5.97 Å². The maximum absolute atomic E-state index is 13.3. The van der Waals surface area contributed by atoms with Gasteiger partial charge in [-0.2, -0.15) is 0 Å². The normalized spacial score (nSPS) is 11.8. The summed E-state index contributed by atoms with van der Waals surface area (Å²) in [6.07, 6.45) is 0. The number of nitrogens with zero attached hydrogens (tertiary/aromatic N) is 2. The number of amides is 1. The summed E-state index contributed by atoms with van der Waals surface area (Å²) in [7, 11) is 0. The molecule has 2 aromatic carbocycles. The van der Waals surface area contributed by atoms with Crippen LogP contribution in [0.1, 0.15) is 55.6 Å². The zero-order chi connectivity index (χ0) is 26.0. The molecular formula is C26H27Cl2N3O4. The summed E-state index contributed by atoms with van der Waals surface area (Å²) < 4.78 is 5.53. The molecule has 35 heavy (non-hydrogen) atoms. The van der Waals surface area contributed by atoms with Crippen molar-refractivity contribution in [3.05, 3.63) is 70.0 Å². The number of ether oxygens (including phenoxy) is 1. The Morgan fingerprint density at radius 2 is 1.26 bits per heavy atom. The fourth-order valence-electron chi connectivity index (χ4n) is 3.09. The molecule has 0 atom stereocenters. The summed E-state index contributed by atoms with van der Waals surface area (Å²) >= 11 is 12.1. The van der Waals surface area contributed by atoms with Crippen LogP contribution in [-0.4, -0.2) is 44.7 Å². The SMILES string of the molecule is CC(C)(CO)NC(=O)c1nc(-c2ccc(Cl)cc2)c(-c2ccc(Cl)cc2)nc1C(=O)OC(C)(C)C. The van der Waals surface area contributed by atoms with Crippen LogP contribution in [0.25, 0.3) is 22.5 Å². The van der Waals surface area contributed by atoms with Gasteiger partial charge in [0.25, 0.3) is 5.91 Å². The molecule has 0 fully saturated rings. The molecule has 0 saturated heterocycles. The van der Waals surface area contributed by atoms with E-state index >= 15 is 0 Å². The van der Waals surface area contributed by atoms with Crippen molar-refractivity contribution >= 4 is 35.1 Å². The minimum absolute atomic E-state index is 0.219. The third-order valence-electron chi connectivity index (χ3n) is 4.79. The number of nitrogens with one attached hydrogen (secondary N) is 1. The first-order valence-corrected chi connectivity index (χ1v) is 11.7. The van der Waals surface area contributed by atoms with E-state index in [1.807, 2.05) is 0 Å². The van der Waals surface area contributed by atoms with Gasteiger partial charge in [-0.05, 0) is 58.9 Å². The highest BCUT2D eigenvalue weighted by Crippen LogP contribution is 2.32. The Morgan fingerprint density at radius 3 is 1.66 bits per heavy atom. The largest absolute Gasteiger partial charge is 0.455 e. The Hall–Kier alpha value is -3.00. The molecule has 3 rings (SSSR count). The lowest BCUT2D eigenvalue weighted by Crippen LogP contribution is -2.47.